The van der Waals surface area contributed by atoms with E-state index in [4.69, 9.17) is 14.2 Å². The first-order valence-corrected chi connectivity index (χ1v) is 10.5. The van der Waals surface area contributed by atoms with Crippen LogP contribution in [0.25, 0.3) is 21.9 Å². The molecule has 0 saturated carbocycles. The van der Waals surface area contributed by atoms with Gasteiger partial charge < -0.3 is 24.1 Å². The highest BCUT2D eigenvalue weighted by molar-refractivity contribution is 5.93. The number of methoxy groups -OCH3 is 1. The Morgan fingerprint density at radius 2 is 1.81 bits per heavy atom. The number of fused-ring (bicyclic) bond motifs is 2. The molecule has 0 unspecified atom stereocenters. The molecule has 1 atom stereocenters. The Kier molecular flexibility index (Phi) is 5.54. The van der Waals surface area contributed by atoms with Gasteiger partial charge in [-0.25, -0.2) is 15.0 Å². The van der Waals surface area contributed by atoms with E-state index >= 15 is 0 Å². The van der Waals surface area contributed by atoms with Gasteiger partial charge in [-0.05, 0) is 25.0 Å². The van der Waals surface area contributed by atoms with Gasteiger partial charge >= 0.3 is 0 Å². The van der Waals surface area contributed by atoms with Gasteiger partial charge in [0.1, 0.15) is 36.6 Å². The summed E-state index contributed by atoms with van der Waals surface area (Å²) >= 11 is 0. The van der Waals surface area contributed by atoms with Crippen LogP contribution in [0.1, 0.15) is 12.8 Å². The third-order valence-electron chi connectivity index (χ3n) is 5.67. The number of hydrogen-bond donors (Lipinski definition) is 1. The third kappa shape index (κ3) is 3.86. The van der Waals surface area contributed by atoms with Crippen LogP contribution in [0.3, 0.4) is 0 Å². The molecule has 0 bridgehead atoms. The van der Waals surface area contributed by atoms with Gasteiger partial charge in [0, 0.05) is 24.4 Å². The summed E-state index contributed by atoms with van der Waals surface area (Å²) in [4.78, 5) is 18.5. The zero-order chi connectivity index (χ0) is 21.0. The van der Waals surface area contributed by atoms with Crippen LogP contribution in [-0.2, 0) is 4.74 Å². The fourth-order valence-electron chi connectivity index (χ4n) is 4.17. The summed E-state index contributed by atoms with van der Waals surface area (Å²) < 4.78 is 17.3. The minimum atomic E-state index is 0.228. The van der Waals surface area contributed by atoms with Crippen LogP contribution in [0, 0.1) is 0 Å². The summed E-state index contributed by atoms with van der Waals surface area (Å²) in [5.74, 6) is 2.56. The Hall–Kier alpha value is -3.39. The lowest BCUT2D eigenvalue weighted by molar-refractivity contribution is 0.147. The first-order valence-electron chi connectivity index (χ1n) is 10.5. The zero-order valence-corrected chi connectivity index (χ0v) is 17.5. The van der Waals surface area contributed by atoms with E-state index in [0.717, 1.165) is 58.6 Å². The summed E-state index contributed by atoms with van der Waals surface area (Å²) in [5, 5.41) is 2.08. The molecule has 2 aromatic heterocycles. The maximum Gasteiger partial charge on any atom is 0.162 e. The Morgan fingerprint density at radius 3 is 2.61 bits per heavy atom. The summed E-state index contributed by atoms with van der Waals surface area (Å²) in [5.41, 5.74) is 1.56. The van der Waals surface area contributed by atoms with Crippen molar-refractivity contribution in [2.75, 3.05) is 38.4 Å². The molecule has 1 saturated heterocycles. The number of anilines is 1. The number of nitrogens with one attached hydrogen (secondary N) is 1. The zero-order valence-electron chi connectivity index (χ0n) is 17.5. The number of ether oxygens (including phenoxy) is 3. The first kappa shape index (κ1) is 19.6. The predicted octanol–water partition coefficient (Wildman–Crippen LogP) is 3.58. The van der Waals surface area contributed by atoms with Gasteiger partial charge in [-0.15, -0.1) is 0 Å². The third-order valence-corrected chi connectivity index (χ3v) is 5.67. The molecular weight excluding hydrogens is 394 g/mol. The highest BCUT2D eigenvalue weighted by Crippen LogP contribution is 2.33. The van der Waals surface area contributed by atoms with Crippen molar-refractivity contribution in [1.82, 2.24) is 19.9 Å². The molecule has 8 heteroatoms. The fraction of sp³-hybridized carbons (Fsp3) is 0.348. The van der Waals surface area contributed by atoms with Gasteiger partial charge in [0.25, 0.3) is 0 Å². The van der Waals surface area contributed by atoms with Crippen LogP contribution in [0.5, 0.6) is 11.5 Å². The van der Waals surface area contributed by atoms with E-state index in [2.05, 4.69) is 37.0 Å². The molecule has 1 N–H and O–H groups in total. The Labute approximate surface area is 180 Å². The SMILES string of the molecule is COCCOc1cccc2c(OC[C@H]3CCCN3c3ncnc4[nH]cnc34)cccc12. The number of H-pyrrole nitrogens is 1. The van der Waals surface area contributed by atoms with E-state index in [1.54, 1.807) is 19.8 Å². The lowest BCUT2D eigenvalue weighted by Gasteiger charge is -2.26. The van der Waals surface area contributed by atoms with Crippen LogP contribution < -0.4 is 14.4 Å². The molecule has 5 rings (SSSR count). The van der Waals surface area contributed by atoms with Crippen molar-refractivity contribution in [3.8, 4) is 11.5 Å². The van der Waals surface area contributed by atoms with Crippen molar-refractivity contribution >= 4 is 27.8 Å². The molecule has 4 aromatic rings. The van der Waals surface area contributed by atoms with E-state index in [-0.39, 0.29) is 6.04 Å². The van der Waals surface area contributed by atoms with Crippen molar-refractivity contribution in [3.63, 3.8) is 0 Å². The smallest absolute Gasteiger partial charge is 0.162 e. The minimum absolute atomic E-state index is 0.228. The standard InChI is InChI=1S/C23H25N5O3/c1-29-11-12-30-19-8-2-7-18-17(19)6-3-9-20(18)31-13-16-5-4-10-28(16)23-21-22(25-14-24-21)26-15-27-23/h2-3,6-9,14-16H,4-5,10-13H2,1H3,(H,24,25,26,27)/t16-/m1/s1. The first-order chi connectivity index (χ1) is 15.3. The molecule has 31 heavy (non-hydrogen) atoms. The van der Waals surface area contributed by atoms with Crippen molar-refractivity contribution in [2.24, 2.45) is 0 Å². The molecule has 0 radical (unpaired) electrons. The Bertz CT molecular complexity index is 1180. The molecule has 8 nitrogen and oxygen atoms in total. The van der Waals surface area contributed by atoms with Crippen LogP contribution >= 0.6 is 0 Å². The molecule has 0 amide bonds. The van der Waals surface area contributed by atoms with Crippen LogP contribution in [0.4, 0.5) is 5.82 Å². The molecule has 1 aliphatic heterocycles. The maximum atomic E-state index is 6.34. The fourth-order valence-corrected chi connectivity index (χ4v) is 4.17. The molecular formula is C23H25N5O3. The van der Waals surface area contributed by atoms with E-state index in [0.29, 0.717) is 19.8 Å². The average molecular weight is 419 g/mol. The van der Waals surface area contributed by atoms with Crippen molar-refractivity contribution in [1.29, 1.82) is 0 Å². The number of nitrogens with zero attached hydrogens (tertiary/aromatic N) is 4. The second kappa shape index (κ2) is 8.77. The summed E-state index contributed by atoms with van der Waals surface area (Å²) in [6, 6.07) is 12.3. The summed E-state index contributed by atoms with van der Waals surface area (Å²) in [6.07, 6.45) is 5.39. The Balaban J connectivity index is 1.36. The van der Waals surface area contributed by atoms with Crippen molar-refractivity contribution in [2.45, 2.75) is 18.9 Å². The Morgan fingerprint density at radius 1 is 1.00 bits per heavy atom. The lowest BCUT2D eigenvalue weighted by atomic mass is 10.1. The molecule has 2 aromatic carbocycles. The molecule has 160 valence electrons. The van der Waals surface area contributed by atoms with E-state index < -0.39 is 0 Å². The van der Waals surface area contributed by atoms with Crippen LogP contribution in [-0.4, -0.2) is 59.5 Å². The second-order valence-corrected chi connectivity index (χ2v) is 7.55. The summed E-state index contributed by atoms with van der Waals surface area (Å²) in [6.45, 7) is 2.57. The second-order valence-electron chi connectivity index (χ2n) is 7.55. The van der Waals surface area contributed by atoms with Gasteiger partial charge in [0.05, 0.1) is 19.0 Å². The molecule has 0 aliphatic carbocycles. The maximum absolute atomic E-state index is 6.34. The molecule has 1 aliphatic rings. The molecule has 3 heterocycles. The monoisotopic (exact) mass is 419 g/mol. The number of imidazole rings is 1. The quantitative estimate of drug-likeness (QED) is 0.437. The molecule has 0 spiro atoms. The van der Waals surface area contributed by atoms with E-state index in [1.807, 2.05) is 24.3 Å². The number of rotatable bonds is 8. The average Bonchev–Trinajstić information content (AvgIpc) is 3.47. The van der Waals surface area contributed by atoms with E-state index in [1.165, 1.54) is 0 Å². The molecule has 1 fully saturated rings. The summed E-state index contributed by atoms with van der Waals surface area (Å²) in [7, 11) is 1.67. The van der Waals surface area contributed by atoms with Crippen LogP contribution in [0.15, 0.2) is 49.1 Å². The predicted molar refractivity (Wildman–Crippen MR) is 119 cm³/mol. The number of benzene rings is 2. The van der Waals surface area contributed by atoms with Gasteiger partial charge in [-0.3, -0.25) is 0 Å². The lowest BCUT2D eigenvalue weighted by Crippen LogP contribution is -2.35. The number of aromatic nitrogens is 4. The number of aromatic amines is 1. The number of hydrogen-bond acceptors (Lipinski definition) is 7. The van der Waals surface area contributed by atoms with Crippen molar-refractivity contribution < 1.29 is 14.2 Å². The highest BCUT2D eigenvalue weighted by atomic mass is 16.5. The van der Waals surface area contributed by atoms with Gasteiger partial charge in [0.15, 0.2) is 11.5 Å². The topological polar surface area (TPSA) is 85.4 Å². The van der Waals surface area contributed by atoms with Gasteiger partial charge in [-0.1, -0.05) is 24.3 Å². The van der Waals surface area contributed by atoms with Gasteiger partial charge in [0.2, 0.25) is 0 Å². The van der Waals surface area contributed by atoms with E-state index in [9.17, 15) is 0 Å². The van der Waals surface area contributed by atoms with Gasteiger partial charge in [-0.2, -0.15) is 0 Å². The van der Waals surface area contributed by atoms with Crippen LogP contribution in [0.2, 0.25) is 0 Å². The normalized spacial score (nSPS) is 16.3. The highest BCUT2D eigenvalue weighted by Gasteiger charge is 2.28. The largest absolute Gasteiger partial charge is 0.491 e. The van der Waals surface area contributed by atoms with Crippen molar-refractivity contribution in [3.05, 3.63) is 49.1 Å². The minimum Gasteiger partial charge on any atom is -0.491 e.